The number of carbonyl (C=O) groups is 1. The van der Waals surface area contributed by atoms with Gasteiger partial charge in [-0.15, -0.1) is 11.3 Å². The molecular weight excluding hydrogens is 270 g/mol. The van der Waals surface area contributed by atoms with Crippen LogP contribution in [0.25, 0.3) is 11.0 Å². The van der Waals surface area contributed by atoms with Crippen LogP contribution >= 0.6 is 11.3 Å². The van der Waals surface area contributed by atoms with Gasteiger partial charge in [-0.25, -0.2) is 4.98 Å². The predicted molar refractivity (Wildman–Crippen MR) is 81.0 cm³/mol. The van der Waals surface area contributed by atoms with Gasteiger partial charge in [0.2, 0.25) is 0 Å². The standard InChI is InChI=1S/C15H15N3OS/c1-9-7-8-13(20-9)15(19)16-10(2)14-17-11-5-3-4-6-12(11)18-14/h3-8,10H,1-2H3,(H,16,19)(H,17,18)/t10-/m1/s1. The molecule has 5 heteroatoms. The molecule has 0 saturated carbocycles. The van der Waals surface area contributed by atoms with Gasteiger partial charge in [0.15, 0.2) is 0 Å². The van der Waals surface area contributed by atoms with E-state index in [4.69, 9.17) is 0 Å². The Hall–Kier alpha value is -2.14. The fourth-order valence-electron chi connectivity index (χ4n) is 2.07. The van der Waals surface area contributed by atoms with E-state index in [-0.39, 0.29) is 11.9 Å². The summed E-state index contributed by atoms with van der Waals surface area (Å²) in [7, 11) is 0. The van der Waals surface area contributed by atoms with Crippen molar-refractivity contribution in [1.82, 2.24) is 15.3 Å². The molecule has 2 heterocycles. The highest BCUT2D eigenvalue weighted by Crippen LogP contribution is 2.18. The quantitative estimate of drug-likeness (QED) is 0.774. The molecule has 3 rings (SSSR count). The van der Waals surface area contributed by atoms with Crippen molar-refractivity contribution in [3.63, 3.8) is 0 Å². The van der Waals surface area contributed by atoms with Gasteiger partial charge in [-0.05, 0) is 38.1 Å². The minimum atomic E-state index is -0.155. The Bertz CT molecular complexity index is 726. The molecule has 1 amide bonds. The lowest BCUT2D eigenvalue weighted by Gasteiger charge is -2.10. The van der Waals surface area contributed by atoms with Gasteiger partial charge in [0, 0.05) is 4.88 Å². The summed E-state index contributed by atoms with van der Waals surface area (Å²) < 4.78 is 0. The molecule has 1 aromatic carbocycles. The van der Waals surface area contributed by atoms with E-state index in [9.17, 15) is 4.79 Å². The van der Waals surface area contributed by atoms with Crippen molar-refractivity contribution in [3.05, 3.63) is 52.0 Å². The molecule has 20 heavy (non-hydrogen) atoms. The predicted octanol–water partition coefficient (Wildman–Crippen LogP) is 3.42. The number of carbonyl (C=O) groups excluding carboxylic acids is 1. The molecule has 0 aliphatic heterocycles. The summed E-state index contributed by atoms with van der Waals surface area (Å²) in [6.45, 7) is 3.92. The van der Waals surface area contributed by atoms with Crippen LogP contribution in [0.15, 0.2) is 36.4 Å². The van der Waals surface area contributed by atoms with E-state index < -0.39 is 0 Å². The monoisotopic (exact) mass is 285 g/mol. The number of thiophene rings is 1. The van der Waals surface area contributed by atoms with Crippen molar-refractivity contribution in [2.24, 2.45) is 0 Å². The Kier molecular flexibility index (Phi) is 3.28. The molecule has 0 aliphatic carbocycles. The minimum absolute atomic E-state index is 0.0592. The Labute approximate surface area is 120 Å². The number of H-pyrrole nitrogens is 1. The van der Waals surface area contributed by atoms with Crippen molar-refractivity contribution in [2.45, 2.75) is 19.9 Å². The van der Waals surface area contributed by atoms with Crippen LogP contribution in [-0.2, 0) is 0 Å². The molecular formula is C15H15N3OS. The lowest BCUT2D eigenvalue weighted by Crippen LogP contribution is -2.26. The molecule has 0 saturated heterocycles. The van der Waals surface area contributed by atoms with Crippen LogP contribution in [0.4, 0.5) is 0 Å². The lowest BCUT2D eigenvalue weighted by molar-refractivity contribution is 0.0942. The zero-order chi connectivity index (χ0) is 14.1. The number of para-hydroxylation sites is 2. The van der Waals surface area contributed by atoms with Crippen molar-refractivity contribution in [2.75, 3.05) is 0 Å². The van der Waals surface area contributed by atoms with Crippen LogP contribution in [-0.4, -0.2) is 15.9 Å². The molecule has 0 spiro atoms. The van der Waals surface area contributed by atoms with Crippen molar-refractivity contribution in [1.29, 1.82) is 0 Å². The SMILES string of the molecule is Cc1ccc(C(=O)N[C@H](C)c2nc3ccccc3[nH]2)s1. The number of nitrogens with one attached hydrogen (secondary N) is 2. The van der Waals surface area contributed by atoms with Crippen LogP contribution in [0.3, 0.4) is 0 Å². The van der Waals surface area contributed by atoms with Crippen LogP contribution in [0, 0.1) is 6.92 Å². The number of imidazole rings is 1. The zero-order valence-corrected chi connectivity index (χ0v) is 12.1. The summed E-state index contributed by atoms with van der Waals surface area (Å²) in [6.07, 6.45) is 0. The van der Waals surface area contributed by atoms with Gasteiger partial charge < -0.3 is 10.3 Å². The molecule has 4 nitrogen and oxygen atoms in total. The number of aromatic amines is 1. The topological polar surface area (TPSA) is 57.8 Å². The number of hydrogen-bond donors (Lipinski definition) is 2. The third-order valence-electron chi connectivity index (χ3n) is 3.13. The van der Waals surface area contributed by atoms with E-state index in [1.54, 1.807) is 0 Å². The molecule has 1 atom stereocenters. The first-order valence-corrected chi connectivity index (χ1v) is 7.27. The number of amides is 1. The first-order chi connectivity index (χ1) is 9.63. The Balaban J connectivity index is 1.78. The van der Waals surface area contributed by atoms with Gasteiger partial charge in [0.05, 0.1) is 22.0 Å². The van der Waals surface area contributed by atoms with Gasteiger partial charge >= 0.3 is 0 Å². The summed E-state index contributed by atoms with van der Waals surface area (Å²) in [4.78, 5) is 21.7. The molecule has 0 unspecified atom stereocenters. The number of fused-ring (bicyclic) bond motifs is 1. The number of rotatable bonds is 3. The molecule has 0 radical (unpaired) electrons. The average molecular weight is 285 g/mol. The molecule has 0 bridgehead atoms. The maximum atomic E-state index is 12.1. The molecule has 0 aliphatic rings. The second-order valence-electron chi connectivity index (χ2n) is 4.74. The summed E-state index contributed by atoms with van der Waals surface area (Å²) >= 11 is 1.50. The lowest BCUT2D eigenvalue weighted by atomic mass is 10.3. The van der Waals surface area contributed by atoms with Crippen molar-refractivity contribution >= 4 is 28.3 Å². The van der Waals surface area contributed by atoms with Gasteiger partial charge in [0.1, 0.15) is 5.82 Å². The Morgan fingerprint density at radius 2 is 2.10 bits per heavy atom. The summed E-state index contributed by atoms with van der Waals surface area (Å²) in [5, 5.41) is 2.96. The maximum absolute atomic E-state index is 12.1. The zero-order valence-electron chi connectivity index (χ0n) is 11.3. The van der Waals surface area contributed by atoms with Crippen molar-refractivity contribution < 1.29 is 4.79 Å². The third-order valence-corrected chi connectivity index (χ3v) is 4.13. The van der Waals surface area contributed by atoms with E-state index in [2.05, 4.69) is 15.3 Å². The molecule has 3 aromatic rings. The summed E-state index contributed by atoms with van der Waals surface area (Å²) in [5.41, 5.74) is 1.89. The van der Waals surface area contributed by atoms with E-state index >= 15 is 0 Å². The van der Waals surface area contributed by atoms with Gasteiger partial charge in [-0.3, -0.25) is 4.79 Å². The Morgan fingerprint density at radius 1 is 1.30 bits per heavy atom. The highest BCUT2D eigenvalue weighted by Gasteiger charge is 2.15. The number of nitrogens with zero attached hydrogens (tertiary/aromatic N) is 1. The molecule has 2 aromatic heterocycles. The van der Waals surface area contributed by atoms with Gasteiger partial charge in [-0.1, -0.05) is 12.1 Å². The first kappa shape index (κ1) is 12.9. The number of aromatic nitrogens is 2. The normalized spacial score (nSPS) is 12.5. The largest absolute Gasteiger partial charge is 0.342 e. The van der Waals surface area contributed by atoms with Crippen molar-refractivity contribution in [3.8, 4) is 0 Å². The fraction of sp³-hybridized carbons (Fsp3) is 0.200. The number of benzene rings is 1. The minimum Gasteiger partial charge on any atom is -0.342 e. The highest BCUT2D eigenvalue weighted by atomic mass is 32.1. The average Bonchev–Trinajstić information content (AvgIpc) is 3.04. The molecule has 102 valence electrons. The van der Waals surface area contributed by atoms with E-state index in [1.165, 1.54) is 11.3 Å². The summed E-state index contributed by atoms with van der Waals surface area (Å²) in [5.74, 6) is 0.712. The third kappa shape index (κ3) is 2.44. The molecule has 2 N–H and O–H groups in total. The number of hydrogen-bond acceptors (Lipinski definition) is 3. The first-order valence-electron chi connectivity index (χ1n) is 6.45. The number of aryl methyl sites for hydroxylation is 1. The van der Waals surface area contributed by atoms with Crippen LogP contribution in [0.2, 0.25) is 0 Å². The molecule has 0 fully saturated rings. The van der Waals surface area contributed by atoms with Crippen LogP contribution < -0.4 is 5.32 Å². The van der Waals surface area contributed by atoms with E-state index in [0.717, 1.165) is 26.6 Å². The van der Waals surface area contributed by atoms with Crippen LogP contribution in [0.1, 0.15) is 33.3 Å². The second kappa shape index (κ2) is 5.09. The van der Waals surface area contributed by atoms with Gasteiger partial charge in [0.25, 0.3) is 5.91 Å². The van der Waals surface area contributed by atoms with E-state index in [1.807, 2.05) is 50.2 Å². The second-order valence-corrected chi connectivity index (χ2v) is 6.03. The van der Waals surface area contributed by atoms with Gasteiger partial charge in [-0.2, -0.15) is 0 Å². The van der Waals surface area contributed by atoms with E-state index in [0.29, 0.717) is 0 Å². The maximum Gasteiger partial charge on any atom is 0.261 e. The Morgan fingerprint density at radius 3 is 2.80 bits per heavy atom. The summed E-state index contributed by atoms with van der Waals surface area (Å²) in [6, 6.07) is 11.5. The highest BCUT2D eigenvalue weighted by molar-refractivity contribution is 7.13. The fourth-order valence-corrected chi connectivity index (χ4v) is 2.84. The smallest absolute Gasteiger partial charge is 0.261 e. The van der Waals surface area contributed by atoms with Crippen LogP contribution in [0.5, 0.6) is 0 Å².